The first-order valence-electron chi connectivity index (χ1n) is 8.04. The Morgan fingerprint density at radius 1 is 1.28 bits per heavy atom. The Morgan fingerprint density at radius 3 is 2.72 bits per heavy atom. The number of carbonyl (C=O) groups excluding carboxylic acids is 2. The van der Waals surface area contributed by atoms with Crippen LogP contribution in [0, 0.1) is 0 Å². The minimum atomic E-state index is -0.284. The summed E-state index contributed by atoms with van der Waals surface area (Å²) < 4.78 is 4.91. The highest BCUT2D eigenvalue weighted by atomic mass is 16.6. The van der Waals surface area contributed by atoms with Crippen molar-refractivity contribution in [3.05, 3.63) is 59.9 Å². The van der Waals surface area contributed by atoms with E-state index in [4.69, 9.17) is 4.74 Å². The van der Waals surface area contributed by atoms with Crippen LogP contribution in [0.1, 0.15) is 11.3 Å². The van der Waals surface area contributed by atoms with Crippen molar-refractivity contribution in [1.82, 2.24) is 14.8 Å². The molecule has 7 heteroatoms. The largest absolute Gasteiger partial charge is 0.448 e. The van der Waals surface area contributed by atoms with Gasteiger partial charge in [-0.3, -0.25) is 4.98 Å². The zero-order chi connectivity index (χ0) is 17.6. The van der Waals surface area contributed by atoms with Crippen LogP contribution >= 0.6 is 0 Å². The molecular weight excluding hydrogens is 320 g/mol. The van der Waals surface area contributed by atoms with Crippen LogP contribution in [-0.4, -0.2) is 47.1 Å². The van der Waals surface area contributed by atoms with Crippen LogP contribution in [0.15, 0.2) is 48.7 Å². The summed E-state index contributed by atoms with van der Waals surface area (Å²) in [6.07, 6.45) is 1.42. The Kier molecular flexibility index (Phi) is 5.13. The number of pyridine rings is 1. The summed E-state index contributed by atoms with van der Waals surface area (Å²) in [4.78, 5) is 31.1. The molecule has 0 spiro atoms. The van der Waals surface area contributed by atoms with Crippen molar-refractivity contribution in [3.8, 4) is 0 Å². The number of aromatic nitrogens is 1. The van der Waals surface area contributed by atoms with Gasteiger partial charge in [-0.1, -0.05) is 18.2 Å². The lowest BCUT2D eigenvalue weighted by atomic mass is 10.2. The molecule has 1 fully saturated rings. The monoisotopic (exact) mass is 340 g/mol. The molecular formula is C18H20N4O3. The zero-order valence-electron chi connectivity index (χ0n) is 14.0. The lowest BCUT2D eigenvalue weighted by Crippen LogP contribution is -2.31. The van der Waals surface area contributed by atoms with Crippen molar-refractivity contribution >= 4 is 17.8 Å². The maximum atomic E-state index is 12.2. The zero-order valence-corrected chi connectivity index (χ0v) is 14.0. The highest BCUT2D eigenvalue weighted by Crippen LogP contribution is 2.14. The Hall–Kier alpha value is -3.09. The molecule has 0 aliphatic carbocycles. The molecule has 1 N–H and O–H groups in total. The second-order valence-electron chi connectivity index (χ2n) is 5.84. The molecule has 0 atom stereocenters. The Labute approximate surface area is 146 Å². The summed E-state index contributed by atoms with van der Waals surface area (Å²) in [7, 11) is 1.72. The van der Waals surface area contributed by atoms with E-state index in [9.17, 15) is 9.59 Å². The van der Waals surface area contributed by atoms with Crippen LogP contribution in [0.25, 0.3) is 0 Å². The molecule has 1 aliphatic heterocycles. The Balaban J connectivity index is 1.53. The van der Waals surface area contributed by atoms with Crippen LogP contribution in [0.5, 0.6) is 0 Å². The smallest absolute Gasteiger partial charge is 0.410 e. The molecule has 2 aromatic rings. The molecule has 1 aliphatic rings. The third kappa shape index (κ3) is 4.47. The minimum absolute atomic E-state index is 0.207. The van der Waals surface area contributed by atoms with Gasteiger partial charge < -0.3 is 19.9 Å². The van der Waals surface area contributed by atoms with Gasteiger partial charge in [-0.2, -0.15) is 0 Å². The maximum absolute atomic E-state index is 12.2. The molecule has 130 valence electrons. The molecule has 1 aromatic heterocycles. The fourth-order valence-corrected chi connectivity index (χ4v) is 2.51. The first-order valence-corrected chi connectivity index (χ1v) is 8.04. The number of amides is 3. The Bertz CT molecular complexity index is 734. The van der Waals surface area contributed by atoms with Crippen molar-refractivity contribution in [2.75, 3.05) is 25.5 Å². The van der Waals surface area contributed by atoms with E-state index in [2.05, 4.69) is 10.3 Å². The van der Waals surface area contributed by atoms with Gasteiger partial charge in [-0.05, 0) is 29.8 Å². The molecule has 0 unspecified atom stereocenters. The van der Waals surface area contributed by atoms with Crippen LogP contribution in [0.4, 0.5) is 15.3 Å². The molecule has 25 heavy (non-hydrogen) atoms. The lowest BCUT2D eigenvalue weighted by Gasteiger charge is -2.18. The van der Waals surface area contributed by atoms with Gasteiger partial charge in [0.2, 0.25) is 0 Å². The Morgan fingerprint density at radius 2 is 2.08 bits per heavy atom. The summed E-state index contributed by atoms with van der Waals surface area (Å²) in [6.45, 7) is 1.99. The standard InChI is InChI=1S/C18H20N4O3/c1-21(13-16-4-2-3-9-19-16)17(23)20-15-7-5-14(6-8-15)12-22-10-11-25-18(22)24/h2-9H,10-13H2,1H3,(H,20,23). The third-order valence-electron chi connectivity index (χ3n) is 3.90. The van der Waals surface area contributed by atoms with Gasteiger partial charge >= 0.3 is 12.1 Å². The van der Waals surface area contributed by atoms with E-state index < -0.39 is 0 Å². The average molecular weight is 340 g/mol. The molecule has 7 nitrogen and oxygen atoms in total. The topological polar surface area (TPSA) is 74.8 Å². The van der Waals surface area contributed by atoms with Crippen molar-refractivity contribution in [2.45, 2.75) is 13.1 Å². The number of ether oxygens (including phenoxy) is 1. The summed E-state index contributed by atoms with van der Waals surface area (Å²) in [5, 5.41) is 2.85. The molecule has 0 radical (unpaired) electrons. The van der Waals surface area contributed by atoms with E-state index in [1.54, 1.807) is 23.0 Å². The van der Waals surface area contributed by atoms with E-state index in [1.165, 1.54) is 0 Å². The SMILES string of the molecule is CN(Cc1ccccn1)C(=O)Nc1ccc(CN2CCOC2=O)cc1. The fraction of sp³-hybridized carbons (Fsp3) is 0.278. The summed E-state index contributed by atoms with van der Waals surface area (Å²) in [6, 6.07) is 12.8. The number of anilines is 1. The first kappa shape index (κ1) is 16.8. The number of nitrogens with zero attached hydrogens (tertiary/aromatic N) is 3. The second kappa shape index (κ2) is 7.65. The number of nitrogens with one attached hydrogen (secondary N) is 1. The number of carbonyl (C=O) groups is 2. The molecule has 0 bridgehead atoms. The van der Waals surface area contributed by atoms with Crippen LogP contribution < -0.4 is 5.32 Å². The number of cyclic esters (lactones) is 1. The van der Waals surface area contributed by atoms with E-state index in [0.717, 1.165) is 11.3 Å². The normalized spacial score (nSPS) is 13.5. The molecule has 3 rings (SSSR count). The van der Waals surface area contributed by atoms with Crippen LogP contribution in [-0.2, 0) is 17.8 Å². The molecule has 1 aromatic carbocycles. The maximum Gasteiger partial charge on any atom is 0.410 e. The highest BCUT2D eigenvalue weighted by molar-refractivity contribution is 5.89. The van der Waals surface area contributed by atoms with Crippen LogP contribution in [0.2, 0.25) is 0 Å². The number of benzene rings is 1. The quantitative estimate of drug-likeness (QED) is 0.908. The van der Waals surface area contributed by atoms with Gasteiger partial charge in [-0.25, -0.2) is 9.59 Å². The first-order chi connectivity index (χ1) is 12.1. The molecule has 2 heterocycles. The molecule has 1 saturated heterocycles. The van der Waals surface area contributed by atoms with Crippen molar-refractivity contribution in [2.24, 2.45) is 0 Å². The van der Waals surface area contributed by atoms with Gasteiger partial charge in [0.05, 0.1) is 18.8 Å². The van der Waals surface area contributed by atoms with Gasteiger partial charge in [-0.15, -0.1) is 0 Å². The van der Waals surface area contributed by atoms with Gasteiger partial charge in [0.1, 0.15) is 6.61 Å². The number of urea groups is 1. The van der Waals surface area contributed by atoms with Crippen molar-refractivity contribution in [1.29, 1.82) is 0 Å². The predicted molar refractivity (Wildman–Crippen MR) is 92.9 cm³/mol. The van der Waals surface area contributed by atoms with E-state index in [1.807, 2.05) is 42.5 Å². The van der Waals surface area contributed by atoms with Crippen molar-refractivity contribution < 1.29 is 14.3 Å². The average Bonchev–Trinajstić information content (AvgIpc) is 3.02. The number of hydrogen-bond acceptors (Lipinski definition) is 4. The minimum Gasteiger partial charge on any atom is -0.448 e. The van der Waals surface area contributed by atoms with Gasteiger partial charge in [0.15, 0.2) is 0 Å². The number of hydrogen-bond donors (Lipinski definition) is 1. The van der Waals surface area contributed by atoms with E-state index >= 15 is 0 Å². The fourth-order valence-electron chi connectivity index (χ4n) is 2.51. The summed E-state index contributed by atoms with van der Waals surface area (Å²) in [5.74, 6) is 0. The molecule has 3 amide bonds. The third-order valence-corrected chi connectivity index (χ3v) is 3.90. The van der Waals surface area contributed by atoms with Gasteiger partial charge in [0, 0.05) is 25.5 Å². The van der Waals surface area contributed by atoms with Gasteiger partial charge in [0.25, 0.3) is 0 Å². The summed E-state index contributed by atoms with van der Waals surface area (Å²) >= 11 is 0. The predicted octanol–water partition coefficient (Wildman–Crippen LogP) is 2.70. The lowest BCUT2D eigenvalue weighted by molar-refractivity contribution is 0.157. The van der Waals surface area contributed by atoms with E-state index in [0.29, 0.717) is 31.9 Å². The van der Waals surface area contributed by atoms with Crippen molar-refractivity contribution in [3.63, 3.8) is 0 Å². The van der Waals surface area contributed by atoms with Crippen LogP contribution in [0.3, 0.4) is 0 Å². The number of rotatable bonds is 5. The van der Waals surface area contributed by atoms with E-state index in [-0.39, 0.29) is 12.1 Å². The second-order valence-corrected chi connectivity index (χ2v) is 5.84. The molecule has 0 saturated carbocycles. The highest BCUT2D eigenvalue weighted by Gasteiger charge is 2.21. The summed E-state index contributed by atoms with van der Waals surface area (Å²) in [5.41, 5.74) is 2.51.